The molecule has 2 nitrogen and oxygen atoms in total. The maximum atomic E-state index is 5.95. The van der Waals surface area contributed by atoms with Gasteiger partial charge in [0, 0.05) is 11.0 Å². The first kappa shape index (κ1) is 13.0. The highest BCUT2D eigenvalue weighted by atomic mass is 79.9. The smallest absolute Gasteiger partial charge is 0.0577 e. The third-order valence-electron chi connectivity index (χ3n) is 3.07. The molecule has 0 amide bonds. The molecule has 0 heterocycles. The summed E-state index contributed by atoms with van der Waals surface area (Å²) in [6, 6.07) is 12.4. The molecule has 0 radical (unpaired) electrons. The quantitative estimate of drug-likeness (QED) is 0.832. The van der Waals surface area contributed by atoms with Crippen molar-refractivity contribution in [2.24, 2.45) is 0 Å². The molecule has 2 aromatic rings. The van der Waals surface area contributed by atoms with Crippen molar-refractivity contribution in [2.45, 2.75) is 20.4 Å². The predicted octanol–water partition coefficient (Wildman–Crippen LogP) is 4.26. The van der Waals surface area contributed by atoms with Crippen molar-refractivity contribution in [1.82, 2.24) is 0 Å². The highest BCUT2D eigenvalue weighted by Gasteiger charge is 2.00. The van der Waals surface area contributed by atoms with Crippen molar-refractivity contribution in [3.8, 4) is 0 Å². The molecule has 18 heavy (non-hydrogen) atoms. The highest BCUT2D eigenvalue weighted by Crippen LogP contribution is 2.23. The Labute approximate surface area is 116 Å². The van der Waals surface area contributed by atoms with Crippen LogP contribution in [0.15, 0.2) is 40.9 Å². The van der Waals surface area contributed by atoms with Crippen LogP contribution in [0.5, 0.6) is 0 Å². The molecule has 2 rings (SSSR count). The summed E-state index contributed by atoms with van der Waals surface area (Å²) in [5.74, 6) is 0. The summed E-state index contributed by atoms with van der Waals surface area (Å²) in [7, 11) is 0. The molecule has 0 aliphatic rings. The van der Waals surface area contributed by atoms with Gasteiger partial charge >= 0.3 is 0 Å². The molecule has 0 unspecified atom stereocenters. The van der Waals surface area contributed by atoms with Gasteiger partial charge in [-0.05, 0) is 48.7 Å². The number of nitrogen functional groups attached to an aromatic ring is 1. The second-order valence-corrected chi connectivity index (χ2v) is 5.42. The number of aryl methyl sites for hydroxylation is 2. The molecular weight excluding hydrogens is 288 g/mol. The van der Waals surface area contributed by atoms with Gasteiger partial charge in [-0.1, -0.05) is 34.1 Å². The number of halogens is 1. The summed E-state index contributed by atoms with van der Waals surface area (Å²) >= 11 is 3.40. The number of hydrogen-bond acceptors (Lipinski definition) is 2. The summed E-state index contributed by atoms with van der Waals surface area (Å²) in [4.78, 5) is 0. The lowest BCUT2D eigenvalue weighted by molar-refractivity contribution is 1.13. The van der Waals surface area contributed by atoms with Crippen LogP contribution in [0.3, 0.4) is 0 Å². The minimum atomic E-state index is 0.758. The Morgan fingerprint density at radius 2 is 1.83 bits per heavy atom. The molecular formula is C15H17BrN2. The van der Waals surface area contributed by atoms with Crippen LogP contribution in [0.4, 0.5) is 11.4 Å². The van der Waals surface area contributed by atoms with E-state index in [1.54, 1.807) is 0 Å². The van der Waals surface area contributed by atoms with Gasteiger partial charge in [0.15, 0.2) is 0 Å². The highest BCUT2D eigenvalue weighted by molar-refractivity contribution is 9.10. The summed E-state index contributed by atoms with van der Waals surface area (Å²) in [6.07, 6.45) is 0. The van der Waals surface area contributed by atoms with Gasteiger partial charge in [-0.25, -0.2) is 0 Å². The lowest BCUT2D eigenvalue weighted by atomic mass is 10.1. The molecule has 0 atom stereocenters. The van der Waals surface area contributed by atoms with Crippen LogP contribution in [-0.2, 0) is 6.54 Å². The number of nitrogens with two attached hydrogens (primary N) is 1. The fraction of sp³-hybridized carbons (Fsp3) is 0.200. The second-order valence-electron chi connectivity index (χ2n) is 4.50. The zero-order chi connectivity index (χ0) is 13.1. The lowest BCUT2D eigenvalue weighted by Gasteiger charge is -2.11. The van der Waals surface area contributed by atoms with Gasteiger partial charge in [0.2, 0.25) is 0 Å². The maximum Gasteiger partial charge on any atom is 0.0577 e. The number of anilines is 2. The molecule has 2 aromatic carbocycles. The van der Waals surface area contributed by atoms with Crippen LogP contribution in [0.1, 0.15) is 16.7 Å². The molecule has 0 fully saturated rings. The van der Waals surface area contributed by atoms with Gasteiger partial charge in [-0.3, -0.25) is 0 Å². The molecule has 0 bridgehead atoms. The molecule has 0 saturated carbocycles. The monoisotopic (exact) mass is 304 g/mol. The maximum absolute atomic E-state index is 5.95. The number of benzene rings is 2. The summed E-state index contributed by atoms with van der Waals surface area (Å²) in [5.41, 5.74) is 11.6. The predicted molar refractivity (Wildman–Crippen MR) is 81.8 cm³/mol. The van der Waals surface area contributed by atoms with Gasteiger partial charge in [-0.2, -0.15) is 0 Å². The van der Waals surface area contributed by atoms with Gasteiger partial charge in [-0.15, -0.1) is 0 Å². The van der Waals surface area contributed by atoms with E-state index in [9.17, 15) is 0 Å². The fourth-order valence-electron chi connectivity index (χ4n) is 1.81. The number of hydrogen-bond donors (Lipinski definition) is 2. The summed E-state index contributed by atoms with van der Waals surface area (Å²) < 4.78 is 0.997. The first-order valence-electron chi connectivity index (χ1n) is 5.91. The third kappa shape index (κ3) is 3.05. The van der Waals surface area contributed by atoms with E-state index < -0.39 is 0 Å². The Balaban J connectivity index is 2.09. The van der Waals surface area contributed by atoms with Crippen molar-refractivity contribution in [3.63, 3.8) is 0 Å². The molecule has 3 N–H and O–H groups in total. The summed E-state index contributed by atoms with van der Waals surface area (Å²) in [5, 5.41) is 3.36. The van der Waals surface area contributed by atoms with Crippen molar-refractivity contribution in [3.05, 3.63) is 57.6 Å². The standard InChI is InChI=1S/C15H17BrN2/c1-10-3-4-12(7-11(10)2)9-18-15-6-5-13(16)8-14(15)17/h3-8,18H,9,17H2,1-2H3. The van der Waals surface area contributed by atoms with E-state index in [0.717, 1.165) is 22.4 Å². The van der Waals surface area contributed by atoms with E-state index in [4.69, 9.17) is 5.73 Å². The topological polar surface area (TPSA) is 38.0 Å². The molecule has 0 saturated heterocycles. The number of nitrogens with one attached hydrogen (secondary N) is 1. The van der Waals surface area contributed by atoms with Gasteiger partial charge in [0.1, 0.15) is 0 Å². The van der Waals surface area contributed by atoms with E-state index in [0.29, 0.717) is 0 Å². The first-order chi connectivity index (χ1) is 8.56. The van der Waals surface area contributed by atoms with E-state index in [1.165, 1.54) is 16.7 Å². The van der Waals surface area contributed by atoms with E-state index >= 15 is 0 Å². The minimum absolute atomic E-state index is 0.758. The zero-order valence-corrected chi connectivity index (χ0v) is 12.2. The molecule has 0 aliphatic carbocycles. The van der Waals surface area contributed by atoms with Gasteiger partial charge in [0.05, 0.1) is 11.4 Å². The normalized spacial score (nSPS) is 10.4. The third-order valence-corrected chi connectivity index (χ3v) is 3.56. The van der Waals surface area contributed by atoms with Crippen LogP contribution in [-0.4, -0.2) is 0 Å². The molecule has 0 aliphatic heterocycles. The van der Waals surface area contributed by atoms with Crippen LogP contribution in [0, 0.1) is 13.8 Å². The zero-order valence-electron chi connectivity index (χ0n) is 10.6. The molecule has 94 valence electrons. The van der Waals surface area contributed by atoms with Crippen molar-refractivity contribution in [1.29, 1.82) is 0 Å². The Morgan fingerprint density at radius 3 is 2.50 bits per heavy atom. The van der Waals surface area contributed by atoms with Crippen LogP contribution in [0.2, 0.25) is 0 Å². The average molecular weight is 305 g/mol. The van der Waals surface area contributed by atoms with E-state index in [1.807, 2.05) is 18.2 Å². The van der Waals surface area contributed by atoms with E-state index in [2.05, 4.69) is 53.3 Å². The Kier molecular flexibility index (Phi) is 3.92. The lowest BCUT2D eigenvalue weighted by Crippen LogP contribution is -2.02. The second kappa shape index (κ2) is 5.44. The van der Waals surface area contributed by atoms with E-state index in [-0.39, 0.29) is 0 Å². The molecule has 0 spiro atoms. The average Bonchev–Trinajstić information content (AvgIpc) is 2.32. The van der Waals surface area contributed by atoms with Gasteiger partial charge in [0.25, 0.3) is 0 Å². The van der Waals surface area contributed by atoms with Crippen molar-refractivity contribution in [2.75, 3.05) is 11.1 Å². The minimum Gasteiger partial charge on any atom is -0.397 e. The van der Waals surface area contributed by atoms with Crippen LogP contribution in [0.25, 0.3) is 0 Å². The SMILES string of the molecule is Cc1ccc(CNc2ccc(Br)cc2N)cc1C. The largest absolute Gasteiger partial charge is 0.397 e. The first-order valence-corrected chi connectivity index (χ1v) is 6.70. The summed E-state index contributed by atoms with van der Waals surface area (Å²) in [6.45, 7) is 5.04. The van der Waals surface area contributed by atoms with Crippen LogP contribution >= 0.6 is 15.9 Å². The Bertz CT molecular complexity index is 564. The van der Waals surface area contributed by atoms with Gasteiger partial charge < -0.3 is 11.1 Å². The van der Waals surface area contributed by atoms with Crippen molar-refractivity contribution >= 4 is 27.3 Å². The fourth-order valence-corrected chi connectivity index (χ4v) is 2.18. The Hall–Kier alpha value is -1.48. The number of rotatable bonds is 3. The van der Waals surface area contributed by atoms with Crippen LogP contribution < -0.4 is 11.1 Å². The Morgan fingerprint density at radius 1 is 1.06 bits per heavy atom. The van der Waals surface area contributed by atoms with Crippen molar-refractivity contribution < 1.29 is 0 Å². The molecule has 3 heteroatoms. The molecule has 0 aromatic heterocycles.